The second kappa shape index (κ2) is 8.71. The fraction of sp³-hybridized carbons (Fsp3) is 0.150. The number of hydrazine groups is 1. The van der Waals surface area contributed by atoms with E-state index in [1.54, 1.807) is 12.3 Å². The van der Waals surface area contributed by atoms with Gasteiger partial charge in [0.1, 0.15) is 5.82 Å². The summed E-state index contributed by atoms with van der Waals surface area (Å²) >= 11 is 1.24. The van der Waals surface area contributed by atoms with Crippen molar-refractivity contribution in [3.05, 3.63) is 77.4 Å². The molecule has 0 saturated carbocycles. The van der Waals surface area contributed by atoms with Gasteiger partial charge in [-0.15, -0.1) is 0 Å². The third-order valence-corrected chi connectivity index (χ3v) is 4.96. The number of rotatable bonds is 5. The SMILES string of the molecule is Cc1ccc(C)c(-n2ccnc2SCC(=O)NNC(=O)c2ccccc2F)c1. The van der Waals surface area contributed by atoms with Gasteiger partial charge >= 0.3 is 0 Å². The Morgan fingerprint density at radius 2 is 1.93 bits per heavy atom. The molecule has 0 aliphatic rings. The summed E-state index contributed by atoms with van der Waals surface area (Å²) in [4.78, 5) is 28.3. The lowest BCUT2D eigenvalue weighted by Crippen LogP contribution is -2.42. The molecule has 3 aromatic rings. The quantitative estimate of drug-likeness (QED) is 0.511. The van der Waals surface area contributed by atoms with Crippen molar-refractivity contribution >= 4 is 23.6 Å². The molecule has 0 atom stereocenters. The minimum absolute atomic E-state index is 0.0411. The van der Waals surface area contributed by atoms with Crippen LogP contribution in [0.3, 0.4) is 0 Å². The Kier molecular flexibility index (Phi) is 6.10. The number of hydrogen-bond donors (Lipinski definition) is 2. The zero-order valence-electron chi connectivity index (χ0n) is 15.4. The summed E-state index contributed by atoms with van der Waals surface area (Å²) in [5, 5.41) is 0.657. The minimum atomic E-state index is -0.715. The van der Waals surface area contributed by atoms with Crippen LogP contribution in [0.25, 0.3) is 5.69 Å². The van der Waals surface area contributed by atoms with Crippen molar-refractivity contribution < 1.29 is 14.0 Å². The Balaban J connectivity index is 1.59. The normalized spacial score (nSPS) is 10.5. The molecule has 0 aliphatic carbocycles. The highest BCUT2D eigenvalue weighted by Crippen LogP contribution is 2.23. The van der Waals surface area contributed by atoms with Crippen molar-refractivity contribution in [1.29, 1.82) is 0 Å². The maximum absolute atomic E-state index is 13.6. The van der Waals surface area contributed by atoms with Crippen molar-refractivity contribution in [2.45, 2.75) is 19.0 Å². The van der Waals surface area contributed by atoms with Crippen LogP contribution in [0.15, 0.2) is 60.0 Å². The van der Waals surface area contributed by atoms with Gasteiger partial charge in [0, 0.05) is 12.4 Å². The Labute approximate surface area is 166 Å². The summed E-state index contributed by atoms with van der Waals surface area (Å²) in [6, 6.07) is 11.7. The summed E-state index contributed by atoms with van der Waals surface area (Å²) < 4.78 is 15.5. The van der Waals surface area contributed by atoms with E-state index in [1.165, 1.54) is 30.0 Å². The molecule has 2 N–H and O–H groups in total. The van der Waals surface area contributed by atoms with E-state index in [4.69, 9.17) is 0 Å². The Bertz CT molecular complexity index is 1020. The average Bonchev–Trinajstić information content (AvgIpc) is 3.15. The molecular weight excluding hydrogens is 379 g/mol. The lowest BCUT2D eigenvalue weighted by molar-refractivity contribution is -0.119. The summed E-state index contributed by atoms with van der Waals surface area (Å²) in [5.74, 6) is -1.75. The predicted octanol–water partition coefficient (Wildman–Crippen LogP) is 3.18. The number of aromatic nitrogens is 2. The van der Waals surface area contributed by atoms with Crippen molar-refractivity contribution in [3.63, 3.8) is 0 Å². The molecule has 0 unspecified atom stereocenters. The van der Waals surface area contributed by atoms with Crippen LogP contribution in [0.4, 0.5) is 4.39 Å². The topological polar surface area (TPSA) is 76.0 Å². The molecule has 0 saturated heterocycles. The molecule has 3 rings (SSSR count). The first-order chi connectivity index (χ1) is 13.5. The monoisotopic (exact) mass is 398 g/mol. The Morgan fingerprint density at radius 1 is 1.14 bits per heavy atom. The van der Waals surface area contributed by atoms with E-state index < -0.39 is 17.6 Å². The molecule has 2 amide bonds. The van der Waals surface area contributed by atoms with Crippen molar-refractivity contribution in [3.8, 4) is 5.69 Å². The van der Waals surface area contributed by atoms with E-state index in [9.17, 15) is 14.0 Å². The average molecular weight is 398 g/mol. The molecule has 1 heterocycles. The third-order valence-electron chi connectivity index (χ3n) is 4.00. The molecule has 0 aliphatic heterocycles. The summed E-state index contributed by atoms with van der Waals surface area (Å²) in [6.45, 7) is 4.02. The number of nitrogens with one attached hydrogen (secondary N) is 2. The number of halogens is 1. The van der Waals surface area contributed by atoms with Crippen LogP contribution in [0, 0.1) is 19.7 Å². The van der Waals surface area contributed by atoms with Crippen LogP contribution >= 0.6 is 11.8 Å². The van der Waals surface area contributed by atoms with E-state index in [2.05, 4.69) is 21.9 Å². The highest BCUT2D eigenvalue weighted by atomic mass is 32.2. The van der Waals surface area contributed by atoms with Gasteiger partial charge in [-0.3, -0.25) is 25.0 Å². The maximum atomic E-state index is 13.6. The van der Waals surface area contributed by atoms with Crippen LogP contribution < -0.4 is 10.9 Å². The van der Waals surface area contributed by atoms with Crippen LogP contribution in [0.2, 0.25) is 0 Å². The molecular formula is C20H19FN4O2S. The summed E-state index contributed by atoms with van der Waals surface area (Å²) in [6.07, 6.45) is 3.50. The molecule has 144 valence electrons. The zero-order valence-corrected chi connectivity index (χ0v) is 16.2. The van der Waals surface area contributed by atoms with Crippen LogP contribution in [-0.2, 0) is 4.79 Å². The number of carbonyl (C=O) groups is 2. The molecule has 28 heavy (non-hydrogen) atoms. The zero-order chi connectivity index (χ0) is 20.1. The van der Waals surface area contributed by atoms with Crippen LogP contribution in [0.1, 0.15) is 21.5 Å². The van der Waals surface area contributed by atoms with Gasteiger partial charge in [-0.1, -0.05) is 36.0 Å². The second-order valence-corrected chi connectivity index (χ2v) is 7.08. The first-order valence-corrected chi connectivity index (χ1v) is 9.52. The third kappa shape index (κ3) is 4.58. The number of hydrogen-bond acceptors (Lipinski definition) is 4. The molecule has 8 heteroatoms. The van der Waals surface area contributed by atoms with Crippen LogP contribution in [-0.4, -0.2) is 27.1 Å². The number of amides is 2. The highest BCUT2D eigenvalue weighted by Gasteiger charge is 2.13. The van der Waals surface area contributed by atoms with Crippen molar-refractivity contribution in [2.24, 2.45) is 0 Å². The number of carbonyl (C=O) groups excluding carboxylic acids is 2. The summed E-state index contributed by atoms with van der Waals surface area (Å²) in [5.41, 5.74) is 7.57. The Morgan fingerprint density at radius 3 is 2.71 bits per heavy atom. The van der Waals surface area contributed by atoms with Crippen LogP contribution in [0.5, 0.6) is 0 Å². The van der Waals surface area contributed by atoms with E-state index >= 15 is 0 Å². The van der Waals surface area contributed by atoms with Gasteiger partial charge < -0.3 is 0 Å². The molecule has 0 fully saturated rings. The predicted molar refractivity (Wildman–Crippen MR) is 106 cm³/mol. The maximum Gasteiger partial charge on any atom is 0.272 e. The first-order valence-electron chi connectivity index (χ1n) is 8.53. The molecule has 0 spiro atoms. The van der Waals surface area contributed by atoms with E-state index in [0.717, 1.165) is 16.8 Å². The van der Waals surface area contributed by atoms with E-state index in [1.807, 2.05) is 36.7 Å². The fourth-order valence-electron chi connectivity index (χ4n) is 2.56. The van der Waals surface area contributed by atoms with Gasteiger partial charge in [-0.2, -0.15) is 0 Å². The molecule has 0 bridgehead atoms. The van der Waals surface area contributed by atoms with Crippen molar-refractivity contribution in [2.75, 3.05) is 5.75 Å². The largest absolute Gasteiger partial charge is 0.295 e. The lowest BCUT2D eigenvalue weighted by atomic mass is 10.1. The van der Waals surface area contributed by atoms with Gasteiger partial charge in [0.05, 0.1) is 17.0 Å². The smallest absolute Gasteiger partial charge is 0.272 e. The number of benzene rings is 2. The van der Waals surface area contributed by atoms with Gasteiger partial charge in [0.25, 0.3) is 5.91 Å². The second-order valence-electron chi connectivity index (χ2n) is 6.14. The van der Waals surface area contributed by atoms with Gasteiger partial charge in [-0.25, -0.2) is 9.37 Å². The number of aryl methyl sites for hydroxylation is 2. The number of imidazole rings is 1. The van der Waals surface area contributed by atoms with Gasteiger partial charge in [-0.05, 0) is 43.2 Å². The van der Waals surface area contributed by atoms with E-state index in [0.29, 0.717) is 5.16 Å². The fourth-order valence-corrected chi connectivity index (χ4v) is 3.33. The minimum Gasteiger partial charge on any atom is -0.295 e. The number of nitrogens with zero attached hydrogens (tertiary/aromatic N) is 2. The summed E-state index contributed by atoms with van der Waals surface area (Å²) in [7, 11) is 0. The Hall–Kier alpha value is -3.13. The lowest BCUT2D eigenvalue weighted by Gasteiger charge is -2.12. The highest BCUT2D eigenvalue weighted by molar-refractivity contribution is 7.99. The van der Waals surface area contributed by atoms with Gasteiger partial charge in [0.15, 0.2) is 5.16 Å². The number of thioether (sulfide) groups is 1. The standard InChI is InChI=1S/C20H19FN4O2S/c1-13-7-8-14(2)17(11-13)25-10-9-22-20(25)28-12-18(26)23-24-19(27)15-5-3-4-6-16(15)21/h3-11H,12H2,1-2H3,(H,23,26)(H,24,27). The van der Waals surface area contributed by atoms with E-state index in [-0.39, 0.29) is 11.3 Å². The molecule has 1 aromatic heterocycles. The first kappa shape index (κ1) is 19.6. The molecule has 0 radical (unpaired) electrons. The molecule has 6 nitrogen and oxygen atoms in total. The van der Waals surface area contributed by atoms with Crippen molar-refractivity contribution in [1.82, 2.24) is 20.4 Å². The molecule has 2 aromatic carbocycles. The van der Waals surface area contributed by atoms with Gasteiger partial charge in [0.2, 0.25) is 5.91 Å².